The third-order valence-corrected chi connectivity index (χ3v) is 4.04. The van der Waals surface area contributed by atoms with Crippen molar-refractivity contribution in [3.8, 4) is 5.75 Å². The summed E-state index contributed by atoms with van der Waals surface area (Å²) in [6.45, 7) is 6.24. The lowest BCUT2D eigenvalue weighted by Gasteiger charge is -2.35. The van der Waals surface area contributed by atoms with E-state index in [0.717, 1.165) is 37.1 Å². The van der Waals surface area contributed by atoms with E-state index >= 15 is 0 Å². The predicted octanol–water partition coefficient (Wildman–Crippen LogP) is 3.56. The van der Waals surface area contributed by atoms with Crippen molar-refractivity contribution in [1.82, 2.24) is 10.2 Å². The number of nitrogens with one attached hydrogen (secondary N) is 1. The van der Waals surface area contributed by atoms with Crippen LogP contribution >= 0.6 is 0 Å². The van der Waals surface area contributed by atoms with Crippen LogP contribution in [0.5, 0.6) is 5.75 Å². The van der Waals surface area contributed by atoms with Gasteiger partial charge in [0.25, 0.3) is 0 Å². The summed E-state index contributed by atoms with van der Waals surface area (Å²) in [7, 11) is 0. The number of nitrogens with zero attached hydrogens (tertiary/aromatic N) is 1. The molecule has 0 radical (unpaired) electrons. The van der Waals surface area contributed by atoms with Gasteiger partial charge in [-0.15, -0.1) is 0 Å². The van der Waals surface area contributed by atoms with Crippen molar-refractivity contribution >= 4 is 6.03 Å². The minimum atomic E-state index is 0.0652. The molecule has 0 aromatic heterocycles. The van der Waals surface area contributed by atoms with Crippen molar-refractivity contribution in [3.05, 3.63) is 29.8 Å². The Morgan fingerprint density at radius 2 is 2.05 bits per heavy atom. The van der Waals surface area contributed by atoms with Gasteiger partial charge in [0.1, 0.15) is 5.75 Å². The van der Waals surface area contributed by atoms with Crippen LogP contribution in [0.4, 0.5) is 4.79 Å². The average molecular weight is 290 g/mol. The second kappa shape index (κ2) is 7.91. The fourth-order valence-corrected chi connectivity index (χ4v) is 2.84. The Kier molecular flexibility index (Phi) is 5.90. The van der Waals surface area contributed by atoms with Crippen LogP contribution in [0.3, 0.4) is 0 Å². The molecule has 0 saturated carbocycles. The van der Waals surface area contributed by atoms with Crippen LogP contribution in [-0.2, 0) is 6.54 Å². The molecule has 0 bridgehead atoms. The van der Waals surface area contributed by atoms with E-state index in [0.29, 0.717) is 19.2 Å². The van der Waals surface area contributed by atoms with Crippen molar-refractivity contribution in [1.29, 1.82) is 0 Å². The highest BCUT2D eigenvalue weighted by Gasteiger charge is 2.24. The van der Waals surface area contributed by atoms with E-state index in [1.807, 2.05) is 36.1 Å². The fourth-order valence-electron chi connectivity index (χ4n) is 2.84. The van der Waals surface area contributed by atoms with Crippen LogP contribution in [0.25, 0.3) is 0 Å². The number of carbonyl (C=O) groups excluding carboxylic acids is 1. The molecule has 1 aromatic carbocycles. The maximum atomic E-state index is 12.3. The molecule has 1 saturated heterocycles. The molecule has 4 nitrogen and oxygen atoms in total. The molecule has 4 heteroatoms. The summed E-state index contributed by atoms with van der Waals surface area (Å²) >= 11 is 0. The first-order chi connectivity index (χ1) is 10.2. The molecule has 0 spiro atoms. The molecule has 1 aliphatic rings. The first kappa shape index (κ1) is 15.7. The highest BCUT2D eigenvalue weighted by molar-refractivity contribution is 5.74. The summed E-state index contributed by atoms with van der Waals surface area (Å²) < 4.78 is 5.41. The fraction of sp³-hybridized carbons (Fsp3) is 0.588. The number of benzene rings is 1. The maximum absolute atomic E-state index is 12.3. The van der Waals surface area contributed by atoms with Gasteiger partial charge in [-0.05, 0) is 50.3 Å². The van der Waals surface area contributed by atoms with Gasteiger partial charge in [0.05, 0.1) is 6.61 Å². The Balaban J connectivity index is 1.85. The molecule has 1 heterocycles. The average Bonchev–Trinajstić information content (AvgIpc) is 2.54. The molecule has 1 atom stereocenters. The highest BCUT2D eigenvalue weighted by atomic mass is 16.5. The zero-order valence-electron chi connectivity index (χ0n) is 13.1. The topological polar surface area (TPSA) is 41.6 Å². The molecule has 1 unspecified atom stereocenters. The van der Waals surface area contributed by atoms with Crippen LogP contribution in [0.15, 0.2) is 24.3 Å². The minimum Gasteiger partial charge on any atom is -0.494 e. The summed E-state index contributed by atoms with van der Waals surface area (Å²) in [6, 6.07) is 8.36. The monoisotopic (exact) mass is 290 g/mol. The number of likely N-dealkylation sites (tertiary alicyclic amines) is 1. The smallest absolute Gasteiger partial charge is 0.317 e. The summed E-state index contributed by atoms with van der Waals surface area (Å²) in [5.74, 6) is 0.870. The molecule has 2 amide bonds. The zero-order valence-corrected chi connectivity index (χ0v) is 13.1. The number of urea groups is 1. The minimum absolute atomic E-state index is 0.0652. The van der Waals surface area contributed by atoms with E-state index in [4.69, 9.17) is 4.74 Å². The molecular formula is C17H26N2O2. The van der Waals surface area contributed by atoms with E-state index in [-0.39, 0.29) is 6.03 Å². The van der Waals surface area contributed by atoms with Crippen molar-refractivity contribution in [2.45, 2.75) is 52.1 Å². The summed E-state index contributed by atoms with van der Waals surface area (Å²) in [4.78, 5) is 14.3. The Bertz CT molecular complexity index is 445. The number of rotatable bonds is 5. The van der Waals surface area contributed by atoms with Crippen molar-refractivity contribution in [2.24, 2.45) is 0 Å². The van der Waals surface area contributed by atoms with Crippen molar-refractivity contribution in [2.75, 3.05) is 13.2 Å². The normalized spacial score (nSPS) is 18.4. The van der Waals surface area contributed by atoms with Crippen molar-refractivity contribution < 1.29 is 9.53 Å². The van der Waals surface area contributed by atoms with Gasteiger partial charge in [-0.2, -0.15) is 0 Å². The number of ether oxygens (including phenoxy) is 1. The number of amides is 2. The lowest BCUT2D eigenvalue weighted by Crippen LogP contribution is -2.48. The van der Waals surface area contributed by atoms with Crippen LogP contribution in [-0.4, -0.2) is 30.1 Å². The quantitative estimate of drug-likeness (QED) is 0.901. The molecule has 1 aromatic rings. The number of hydrogen-bond acceptors (Lipinski definition) is 2. The Hall–Kier alpha value is -1.71. The van der Waals surface area contributed by atoms with Crippen LogP contribution < -0.4 is 10.1 Å². The lowest BCUT2D eigenvalue weighted by atomic mass is 10.0. The molecule has 1 aliphatic heterocycles. The van der Waals surface area contributed by atoms with Gasteiger partial charge >= 0.3 is 6.03 Å². The lowest BCUT2D eigenvalue weighted by molar-refractivity contribution is 0.148. The van der Waals surface area contributed by atoms with Gasteiger partial charge in [0.2, 0.25) is 0 Å². The summed E-state index contributed by atoms with van der Waals surface area (Å²) in [5.41, 5.74) is 1.09. The standard InChI is InChI=1S/C17H26N2O2/c1-3-15-7-5-6-12-19(15)17(20)18-13-14-8-10-16(11-9-14)21-4-2/h8-11,15H,3-7,12-13H2,1-2H3,(H,18,20). The van der Waals surface area contributed by atoms with Crippen LogP contribution in [0.2, 0.25) is 0 Å². The first-order valence-corrected chi connectivity index (χ1v) is 8.00. The Morgan fingerprint density at radius 3 is 2.71 bits per heavy atom. The zero-order chi connectivity index (χ0) is 15.1. The molecular weight excluding hydrogens is 264 g/mol. The molecule has 1 N–H and O–H groups in total. The molecule has 116 valence electrons. The Morgan fingerprint density at radius 1 is 1.29 bits per heavy atom. The first-order valence-electron chi connectivity index (χ1n) is 8.00. The van der Waals surface area contributed by atoms with E-state index < -0.39 is 0 Å². The summed E-state index contributed by atoms with van der Waals surface area (Å²) in [5, 5.41) is 3.03. The second-order valence-electron chi connectivity index (χ2n) is 5.49. The SMILES string of the molecule is CCOc1ccc(CNC(=O)N2CCCCC2CC)cc1. The number of hydrogen-bond donors (Lipinski definition) is 1. The summed E-state index contributed by atoms with van der Waals surface area (Å²) in [6.07, 6.45) is 4.53. The molecule has 2 rings (SSSR count). The van der Waals surface area contributed by atoms with E-state index in [1.165, 1.54) is 6.42 Å². The number of carbonyl (C=O) groups is 1. The predicted molar refractivity (Wildman–Crippen MR) is 84.5 cm³/mol. The third-order valence-electron chi connectivity index (χ3n) is 4.04. The second-order valence-corrected chi connectivity index (χ2v) is 5.49. The third kappa shape index (κ3) is 4.38. The van der Waals surface area contributed by atoms with Gasteiger partial charge < -0.3 is 15.0 Å². The largest absolute Gasteiger partial charge is 0.494 e. The van der Waals surface area contributed by atoms with Crippen LogP contribution in [0, 0.1) is 0 Å². The van der Waals surface area contributed by atoms with E-state index in [9.17, 15) is 4.79 Å². The van der Waals surface area contributed by atoms with Gasteiger partial charge in [-0.3, -0.25) is 0 Å². The van der Waals surface area contributed by atoms with E-state index in [2.05, 4.69) is 12.2 Å². The van der Waals surface area contributed by atoms with Crippen molar-refractivity contribution in [3.63, 3.8) is 0 Å². The molecule has 21 heavy (non-hydrogen) atoms. The highest BCUT2D eigenvalue weighted by Crippen LogP contribution is 2.19. The van der Waals surface area contributed by atoms with Gasteiger partial charge in [0, 0.05) is 19.1 Å². The van der Waals surface area contributed by atoms with Gasteiger partial charge in [0.15, 0.2) is 0 Å². The van der Waals surface area contributed by atoms with E-state index in [1.54, 1.807) is 0 Å². The van der Waals surface area contributed by atoms with Gasteiger partial charge in [-0.25, -0.2) is 4.79 Å². The number of piperidine rings is 1. The molecule has 0 aliphatic carbocycles. The van der Waals surface area contributed by atoms with Gasteiger partial charge in [-0.1, -0.05) is 19.1 Å². The molecule has 1 fully saturated rings. The maximum Gasteiger partial charge on any atom is 0.317 e. The Labute approximate surface area is 127 Å². The van der Waals surface area contributed by atoms with Crippen LogP contribution in [0.1, 0.15) is 45.1 Å².